The molecule has 8 atom stereocenters. The topological polar surface area (TPSA) is 62.9 Å². The summed E-state index contributed by atoms with van der Waals surface area (Å²) in [7, 11) is 0. The fourth-order valence-electron chi connectivity index (χ4n) is 4.93. The zero-order valence-electron chi connectivity index (χ0n) is 12.9. The van der Waals surface area contributed by atoms with Crippen molar-refractivity contribution in [1.29, 1.82) is 0 Å². The van der Waals surface area contributed by atoms with Gasteiger partial charge in [-0.1, -0.05) is 13.8 Å². The molecule has 0 aromatic rings. The third-order valence-corrected chi connectivity index (χ3v) is 6.21. The predicted octanol–water partition coefficient (Wildman–Crippen LogP) is 2.15. The number of rotatable bonds is 0. The second-order valence-corrected chi connectivity index (χ2v) is 7.37. The van der Waals surface area contributed by atoms with Crippen molar-refractivity contribution in [3.8, 4) is 0 Å². The Bertz CT molecular complexity index is 420. The molecule has 0 aromatic carbocycles. The van der Waals surface area contributed by atoms with E-state index in [1.54, 1.807) is 0 Å². The molecular formula is C15H25ArNO4. The van der Waals surface area contributed by atoms with E-state index in [9.17, 15) is 0 Å². The summed E-state index contributed by atoms with van der Waals surface area (Å²) < 4.78 is 12.2. The second-order valence-electron chi connectivity index (χ2n) is 7.37. The van der Waals surface area contributed by atoms with Crippen LogP contribution in [-0.2, 0) is 19.2 Å². The summed E-state index contributed by atoms with van der Waals surface area (Å²) in [4.78, 5) is 11.7. The first-order valence-corrected chi connectivity index (χ1v) is 7.92. The average Bonchev–Trinajstić information content (AvgIpc) is 2.63. The third kappa shape index (κ3) is 2.27. The van der Waals surface area contributed by atoms with Crippen LogP contribution < -0.4 is 5.73 Å². The summed E-state index contributed by atoms with van der Waals surface area (Å²) in [5, 5.41) is 0. The number of fused-ring (bicyclic) bond motifs is 2. The smallest absolute Gasteiger partial charge is 0.201 e. The Hall–Kier alpha value is 1.06. The second kappa shape index (κ2) is 5.55. The Morgan fingerprint density at radius 1 is 1.05 bits per heavy atom. The molecular weight excluding hydrogens is 298 g/mol. The molecule has 4 heterocycles. The molecule has 5 nitrogen and oxygen atoms in total. The van der Waals surface area contributed by atoms with Crippen LogP contribution in [0.3, 0.4) is 0 Å². The van der Waals surface area contributed by atoms with Gasteiger partial charge in [0.25, 0.3) is 0 Å². The van der Waals surface area contributed by atoms with Crippen LogP contribution in [0.15, 0.2) is 0 Å². The first-order chi connectivity index (χ1) is 9.46. The Morgan fingerprint density at radius 3 is 2.57 bits per heavy atom. The summed E-state index contributed by atoms with van der Waals surface area (Å²) >= 11 is 0. The van der Waals surface area contributed by atoms with Crippen molar-refractivity contribution in [2.24, 2.45) is 29.4 Å². The molecule has 0 radical (unpaired) electrons. The molecule has 4 aliphatic heterocycles. The van der Waals surface area contributed by atoms with Gasteiger partial charge in [-0.05, 0) is 38.0 Å². The SMILES string of the molecule is C[C@H]1C(N)O[C@@H]2O[C@]3(C)CCC4[C@H](C)CCC1[C@]42OO3.[Ar]. The zero-order valence-corrected chi connectivity index (χ0v) is 13.6. The van der Waals surface area contributed by atoms with E-state index in [2.05, 4.69) is 13.8 Å². The maximum atomic E-state index is 6.18. The molecule has 0 amide bonds. The van der Waals surface area contributed by atoms with Gasteiger partial charge in [-0.25, -0.2) is 9.78 Å². The molecule has 1 spiro atoms. The van der Waals surface area contributed by atoms with Crippen LogP contribution in [0.4, 0.5) is 0 Å². The van der Waals surface area contributed by atoms with E-state index in [0.29, 0.717) is 17.8 Å². The van der Waals surface area contributed by atoms with E-state index in [-0.39, 0.29) is 49.9 Å². The minimum atomic E-state index is -0.697. The molecule has 6 heteroatoms. The first-order valence-electron chi connectivity index (χ1n) is 7.92. The molecule has 1 aliphatic carbocycles. The average molecular weight is 323 g/mol. The summed E-state index contributed by atoms with van der Waals surface area (Å²) in [6.07, 6.45) is 3.57. The van der Waals surface area contributed by atoms with Gasteiger partial charge in [0.15, 0.2) is 11.9 Å². The Kier molecular flexibility index (Phi) is 4.47. The zero-order chi connectivity index (χ0) is 14.1. The molecule has 5 rings (SSSR count). The van der Waals surface area contributed by atoms with E-state index in [0.717, 1.165) is 19.3 Å². The molecule has 3 unspecified atom stereocenters. The van der Waals surface area contributed by atoms with Crippen LogP contribution in [0, 0.1) is 61.4 Å². The van der Waals surface area contributed by atoms with Crippen LogP contribution in [0.5, 0.6) is 0 Å². The molecule has 21 heavy (non-hydrogen) atoms. The number of nitrogens with two attached hydrogens (primary N) is 1. The minimum Gasteiger partial charge on any atom is -0.331 e. The van der Waals surface area contributed by atoms with Crippen molar-refractivity contribution >= 4 is 0 Å². The van der Waals surface area contributed by atoms with Gasteiger partial charge in [0.2, 0.25) is 5.79 Å². The normalized spacial score (nSPS) is 58.9. The maximum absolute atomic E-state index is 6.18. The Labute approximate surface area is 156 Å². The number of hydrogen-bond acceptors (Lipinski definition) is 5. The molecule has 5 aliphatic rings. The van der Waals surface area contributed by atoms with Crippen LogP contribution in [0.2, 0.25) is 0 Å². The van der Waals surface area contributed by atoms with Gasteiger partial charge in [-0.2, -0.15) is 0 Å². The Morgan fingerprint density at radius 2 is 1.81 bits per heavy atom. The van der Waals surface area contributed by atoms with Crippen LogP contribution in [-0.4, -0.2) is 23.9 Å². The van der Waals surface area contributed by atoms with Gasteiger partial charge in [-0.3, -0.25) is 0 Å². The molecule has 2 N–H and O–H groups in total. The number of ether oxygens (including phenoxy) is 2. The molecule has 2 bridgehead atoms. The van der Waals surface area contributed by atoms with E-state index in [4.69, 9.17) is 25.0 Å². The van der Waals surface area contributed by atoms with Crippen molar-refractivity contribution in [2.75, 3.05) is 0 Å². The van der Waals surface area contributed by atoms with Crippen LogP contribution in [0.1, 0.15) is 46.5 Å². The van der Waals surface area contributed by atoms with Crippen LogP contribution in [0.25, 0.3) is 0 Å². The number of hydrogen-bond donors (Lipinski definition) is 1. The molecule has 1 saturated carbocycles. The van der Waals surface area contributed by atoms with Gasteiger partial charge < -0.3 is 15.2 Å². The molecule has 4 saturated heterocycles. The van der Waals surface area contributed by atoms with E-state index in [1.807, 2.05) is 6.92 Å². The van der Waals surface area contributed by atoms with Gasteiger partial charge >= 0.3 is 0 Å². The third-order valence-electron chi connectivity index (χ3n) is 6.21. The van der Waals surface area contributed by atoms with Crippen LogP contribution >= 0.6 is 0 Å². The fraction of sp³-hybridized carbons (Fsp3) is 1.00. The van der Waals surface area contributed by atoms with E-state index < -0.39 is 17.7 Å². The monoisotopic (exact) mass is 323 g/mol. The molecule has 5 fully saturated rings. The van der Waals surface area contributed by atoms with Crippen molar-refractivity contribution in [1.82, 2.24) is 0 Å². The van der Waals surface area contributed by atoms with Crippen molar-refractivity contribution in [2.45, 2.75) is 70.4 Å². The summed E-state index contributed by atoms with van der Waals surface area (Å²) in [5.41, 5.74) is 5.71. The largest absolute Gasteiger partial charge is 0.331 e. The van der Waals surface area contributed by atoms with Gasteiger partial charge in [-0.15, -0.1) is 0 Å². The van der Waals surface area contributed by atoms with Gasteiger partial charge in [0, 0.05) is 56.0 Å². The molecule has 122 valence electrons. The quantitative estimate of drug-likeness (QED) is 0.692. The first kappa shape index (κ1) is 16.9. The predicted molar refractivity (Wildman–Crippen MR) is 71.0 cm³/mol. The van der Waals surface area contributed by atoms with Crippen molar-refractivity contribution in [3.05, 3.63) is 0 Å². The van der Waals surface area contributed by atoms with Gasteiger partial charge in [0.1, 0.15) is 6.23 Å². The summed E-state index contributed by atoms with van der Waals surface area (Å²) in [6.45, 7) is 6.41. The van der Waals surface area contributed by atoms with E-state index in [1.165, 1.54) is 6.42 Å². The summed E-state index contributed by atoms with van der Waals surface area (Å²) in [5.74, 6) is 0.936. The fourth-order valence-corrected chi connectivity index (χ4v) is 4.93. The van der Waals surface area contributed by atoms with Gasteiger partial charge in [0.05, 0.1) is 0 Å². The molecule has 0 aromatic heterocycles. The standard InChI is InChI=1S/C15H25NO4.Ar/c1-8-4-5-11-9(2)12(16)17-13-15(11)10(8)6-7-14(3,18-13)19-20-15;/h8-13H,4-7,16H2,1-3H3;/t8-,9-,10?,11?,12?,13-,14+,15-;/m1./s1. The van der Waals surface area contributed by atoms with Crippen molar-refractivity contribution in [3.63, 3.8) is 0 Å². The summed E-state index contributed by atoms with van der Waals surface area (Å²) in [6, 6.07) is 0. The van der Waals surface area contributed by atoms with Crippen molar-refractivity contribution < 1.29 is 57.0 Å². The maximum Gasteiger partial charge on any atom is 0.201 e. The van der Waals surface area contributed by atoms with E-state index >= 15 is 0 Å². The Balaban J connectivity index is 0.00000132. The minimum absolute atomic E-state index is 0.